The maximum absolute atomic E-state index is 12.4. The minimum Gasteiger partial charge on any atom is -0.423 e. The van der Waals surface area contributed by atoms with Gasteiger partial charge in [0.1, 0.15) is 11.5 Å². The predicted octanol–water partition coefficient (Wildman–Crippen LogP) is 4.35. The Morgan fingerprint density at radius 2 is 1.09 bits per heavy atom. The van der Waals surface area contributed by atoms with Gasteiger partial charge in [0, 0.05) is 25.2 Å². The zero-order valence-corrected chi connectivity index (χ0v) is 18.3. The predicted molar refractivity (Wildman–Crippen MR) is 123 cm³/mol. The highest BCUT2D eigenvalue weighted by Gasteiger charge is 2.13. The lowest BCUT2D eigenvalue weighted by atomic mass is 10.2. The molecule has 0 saturated heterocycles. The van der Waals surface area contributed by atoms with E-state index in [1.165, 1.54) is 19.9 Å². The second-order valence-electron chi connectivity index (χ2n) is 7.22. The number of carbonyl (C=O) groups excluding carboxylic acids is 4. The summed E-state index contributed by atoms with van der Waals surface area (Å²) in [4.78, 5) is 47.0. The van der Waals surface area contributed by atoms with Crippen molar-refractivity contribution in [2.24, 2.45) is 0 Å². The van der Waals surface area contributed by atoms with Gasteiger partial charge in [-0.25, -0.2) is 9.59 Å². The molecule has 0 fully saturated rings. The van der Waals surface area contributed by atoms with Crippen LogP contribution in [-0.4, -0.2) is 23.8 Å². The van der Waals surface area contributed by atoms with Crippen LogP contribution in [0.3, 0.4) is 0 Å². The summed E-state index contributed by atoms with van der Waals surface area (Å²) in [6.07, 6.45) is 0. The van der Waals surface area contributed by atoms with Gasteiger partial charge in [0.25, 0.3) is 0 Å². The fourth-order valence-electron chi connectivity index (χ4n) is 2.91. The van der Waals surface area contributed by atoms with Crippen molar-refractivity contribution >= 4 is 35.1 Å². The highest BCUT2D eigenvalue weighted by Crippen LogP contribution is 2.25. The summed E-state index contributed by atoms with van der Waals surface area (Å²) >= 11 is 0. The first-order valence-corrected chi connectivity index (χ1v) is 10.0. The number of benzene rings is 3. The van der Waals surface area contributed by atoms with E-state index in [0.29, 0.717) is 39.6 Å². The molecule has 8 heteroatoms. The molecular formula is C25H22N2O6. The molecule has 0 saturated carbocycles. The summed E-state index contributed by atoms with van der Waals surface area (Å²) in [6.45, 7) is 4.52. The lowest BCUT2D eigenvalue weighted by Crippen LogP contribution is -2.11. The van der Waals surface area contributed by atoms with Crippen molar-refractivity contribution in [3.63, 3.8) is 0 Å². The summed E-state index contributed by atoms with van der Waals surface area (Å²) in [6, 6.07) is 17.3. The molecule has 2 amide bonds. The fraction of sp³-hybridized carbons (Fsp3) is 0.120. The maximum atomic E-state index is 12.4. The first-order chi connectivity index (χ1) is 15.7. The first kappa shape index (κ1) is 23.2. The van der Waals surface area contributed by atoms with E-state index in [0.717, 1.165) is 0 Å². The molecule has 3 rings (SSSR count). The van der Waals surface area contributed by atoms with E-state index in [1.807, 2.05) is 0 Å². The van der Waals surface area contributed by atoms with Crippen LogP contribution in [0.5, 0.6) is 11.5 Å². The van der Waals surface area contributed by atoms with Crippen LogP contribution in [0.25, 0.3) is 0 Å². The lowest BCUT2D eigenvalue weighted by molar-refractivity contribution is -0.115. The molecule has 0 spiro atoms. The van der Waals surface area contributed by atoms with Gasteiger partial charge in [-0.1, -0.05) is 0 Å². The molecule has 3 aromatic carbocycles. The van der Waals surface area contributed by atoms with Crippen LogP contribution < -0.4 is 20.1 Å². The Kier molecular flexibility index (Phi) is 7.20. The van der Waals surface area contributed by atoms with Crippen molar-refractivity contribution in [3.8, 4) is 11.5 Å². The van der Waals surface area contributed by atoms with E-state index in [9.17, 15) is 19.2 Å². The van der Waals surface area contributed by atoms with Crippen LogP contribution in [0.15, 0.2) is 66.7 Å². The Hall–Kier alpha value is -4.46. The molecule has 0 atom stereocenters. The van der Waals surface area contributed by atoms with Gasteiger partial charge in [0.2, 0.25) is 11.8 Å². The summed E-state index contributed by atoms with van der Waals surface area (Å²) in [5.41, 5.74) is 2.39. The van der Waals surface area contributed by atoms with Crippen molar-refractivity contribution in [2.75, 3.05) is 10.6 Å². The largest absolute Gasteiger partial charge is 0.423 e. The number of nitrogens with one attached hydrogen (secondary N) is 2. The van der Waals surface area contributed by atoms with Crippen molar-refractivity contribution in [2.45, 2.75) is 20.8 Å². The number of ether oxygens (including phenoxy) is 2. The van der Waals surface area contributed by atoms with E-state index in [1.54, 1.807) is 67.6 Å². The van der Waals surface area contributed by atoms with Gasteiger partial charge >= 0.3 is 11.9 Å². The molecule has 168 valence electrons. The number of carbonyl (C=O) groups is 4. The molecule has 8 nitrogen and oxygen atoms in total. The molecule has 0 aliphatic rings. The monoisotopic (exact) mass is 446 g/mol. The fourth-order valence-corrected chi connectivity index (χ4v) is 2.91. The van der Waals surface area contributed by atoms with Gasteiger partial charge < -0.3 is 20.1 Å². The molecule has 3 aromatic rings. The van der Waals surface area contributed by atoms with Crippen LogP contribution in [0.2, 0.25) is 0 Å². The van der Waals surface area contributed by atoms with Gasteiger partial charge in [-0.15, -0.1) is 0 Å². The molecule has 33 heavy (non-hydrogen) atoms. The Morgan fingerprint density at radius 3 is 1.52 bits per heavy atom. The van der Waals surface area contributed by atoms with Gasteiger partial charge in [0.15, 0.2) is 0 Å². The Balaban J connectivity index is 1.63. The second kappa shape index (κ2) is 10.2. The molecule has 0 radical (unpaired) electrons. The van der Waals surface area contributed by atoms with Crippen molar-refractivity contribution < 1.29 is 28.7 Å². The van der Waals surface area contributed by atoms with E-state index < -0.39 is 11.9 Å². The highest BCUT2D eigenvalue weighted by molar-refractivity contribution is 5.94. The number of hydrogen-bond donors (Lipinski definition) is 2. The van der Waals surface area contributed by atoms with Gasteiger partial charge in [-0.05, 0) is 79.2 Å². The second-order valence-corrected chi connectivity index (χ2v) is 7.22. The van der Waals surface area contributed by atoms with Crippen molar-refractivity contribution in [1.29, 1.82) is 0 Å². The minimum absolute atomic E-state index is 0.205. The summed E-state index contributed by atoms with van der Waals surface area (Å²) in [5.74, 6) is -0.912. The normalized spacial score (nSPS) is 10.2. The molecule has 0 bridgehead atoms. The van der Waals surface area contributed by atoms with Gasteiger partial charge in [-0.3, -0.25) is 9.59 Å². The van der Waals surface area contributed by atoms with Crippen LogP contribution in [-0.2, 0) is 9.59 Å². The quantitative estimate of drug-likeness (QED) is 0.430. The number of rotatable bonds is 6. The standard InChI is InChI=1S/C25H22N2O6/c1-15-14-22(32-24(30)18-4-8-20(9-5-18)26-16(2)28)12-13-23(15)33-25(31)19-6-10-21(11-7-19)27-17(3)29/h4-14H,1-3H3,(H,26,28)(H,27,29). The molecule has 2 N–H and O–H groups in total. The SMILES string of the molecule is CC(=O)Nc1ccc(C(=O)Oc2ccc(OC(=O)c3ccc(NC(C)=O)cc3)c(C)c2)cc1. The van der Waals surface area contributed by atoms with Crippen molar-refractivity contribution in [3.05, 3.63) is 83.4 Å². The summed E-state index contributed by atoms with van der Waals surface area (Å²) in [7, 11) is 0. The van der Waals surface area contributed by atoms with E-state index in [4.69, 9.17) is 9.47 Å². The Morgan fingerprint density at radius 1 is 0.636 bits per heavy atom. The Bertz CT molecular complexity index is 1200. The zero-order chi connectivity index (χ0) is 24.0. The smallest absolute Gasteiger partial charge is 0.343 e. The van der Waals surface area contributed by atoms with Crippen LogP contribution in [0.1, 0.15) is 40.1 Å². The third-order valence-corrected chi connectivity index (χ3v) is 4.44. The topological polar surface area (TPSA) is 111 Å². The average molecular weight is 446 g/mol. The summed E-state index contributed by atoms with van der Waals surface area (Å²) in [5, 5.41) is 5.25. The van der Waals surface area contributed by atoms with E-state index >= 15 is 0 Å². The molecular weight excluding hydrogens is 424 g/mol. The molecule has 0 unspecified atom stereocenters. The number of esters is 2. The van der Waals surface area contributed by atoms with Crippen LogP contribution >= 0.6 is 0 Å². The van der Waals surface area contributed by atoms with Crippen LogP contribution in [0, 0.1) is 6.92 Å². The molecule has 0 aromatic heterocycles. The van der Waals surface area contributed by atoms with Crippen LogP contribution in [0.4, 0.5) is 11.4 Å². The summed E-state index contributed by atoms with van der Waals surface area (Å²) < 4.78 is 10.8. The number of aryl methyl sites for hydroxylation is 1. The van der Waals surface area contributed by atoms with Gasteiger partial charge in [0.05, 0.1) is 11.1 Å². The first-order valence-electron chi connectivity index (χ1n) is 10.0. The number of amides is 2. The highest BCUT2D eigenvalue weighted by atomic mass is 16.5. The third-order valence-electron chi connectivity index (χ3n) is 4.44. The average Bonchev–Trinajstić information content (AvgIpc) is 2.75. The third kappa shape index (κ3) is 6.51. The maximum Gasteiger partial charge on any atom is 0.343 e. The van der Waals surface area contributed by atoms with Gasteiger partial charge in [-0.2, -0.15) is 0 Å². The van der Waals surface area contributed by atoms with E-state index in [2.05, 4.69) is 10.6 Å². The number of hydrogen-bond acceptors (Lipinski definition) is 6. The zero-order valence-electron chi connectivity index (χ0n) is 18.3. The van der Waals surface area contributed by atoms with Crippen molar-refractivity contribution in [1.82, 2.24) is 0 Å². The molecule has 0 heterocycles. The minimum atomic E-state index is -0.562. The lowest BCUT2D eigenvalue weighted by Gasteiger charge is -2.10. The molecule has 0 aliphatic heterocycles. The molecule has 0 aliphatic carbocycles. The Labute approximate surface area is 190 Å². The van der Waals surface area contributed by atoms with E-state index in [-0.39, 0.29) is 11.8 Å². The number of anilines is 2.